The smallest absolute Gasteiger partial charge is 0.337 e. The van der Waals surface area contributed by atoms with E-state index in [4.69, 9.17) is 4.98 Å². The number of piperidine rings is 1. The first-order valence-electron chi connectivity index (χ1n) is 10.1. The number of hydrogen-bond acceptors (Lipinski definition) is 4. The van der Waals surface area contributed by atoms with Crippen molar-refractivity contribution >= 4 is 17.2 Å². The monoisotopic (exact) mass is 445 g/mol. The van der Waals surface area contributed by atoms with Crippen molar-refractivity contribution in [1.29, 1.82) is 0 Å². The average Bonchev–Trinajstić information content (AvgIpc) is 3.19. The number of likely N-dealkylation sites (tertiary alicyclic amines) is 1. The molecule has 1 unspecified atom stereocenters. The number of carbonyl (C=O) groups is 1. The van der Waals surface area contributed by atoms with Crippen LogP contribution < -0.4 is 0 Å². The van der Waals surface area contributed by atoms with Gasteiger partial charge in [0.2, 0.25) is 0 Å². The summed E-state index contributed by atoms with van der Waals surface area (Å²) < 4.78 is 38.3. The number of amides is 1. The van der Waals surface area contributed by atoms with E-state index in [0.717, 1.165) is 54.2 Å². The van der Waals surface area contributed by atoms with Crippen LogP contribution in [0.25, 0.3) is 0 Å². The van der Waals surface area contributed by atoms with E-state index >= 15 is 0 Å². The van der Waals surface area contributed by atoms with Crippen molar-refractivity contribution < 1.29 is 18.0 Å². The lowest BCUT2D eigenvalue weighted by Gasteiger charge is -2.32. The molecule has 0 N–H and O–H groups in total. The molecule has 2 aromatic heterocycles. The number of aromatic nitrogens is 2. The molecule has 1 atom stereocenters. The van der Waals surface area contributed by atoms with Crippen molar-refractivity contribution in [3.05, 3.63) is 81.1 Å². The van der Waals surface area contributed by atoms with Crippen LogP contribution in [0.5, 0.6) is 0 Å². The Labute approximate surface area is 182 Å². The minimum absolute atomic E-state index is 0.0191. The molecule has 4 nitrogen and oxygen atoms in total. The first-order chi connectivity index (χ1) is 14.8. The van der Waals surface area contributed by atoms with Gasteiger partial charge in [0.25, 0.3) is 5.91 Å². The second-order valence-corrected chi connectivity index (χ2v) is 8.64. The largest absolute Gasteiger partial charge is 0.416 e. The van der Waals surface area contributed by atoms with Crippen molar-refractivity contribution in [2.24, 2.45) is 0 Å². The Morgan fingerprint density at radius 2 is 1.97 bits per heavy atom. The molecule has 0 bridgehead atoms. The number of halogens is 3. The van der Waals surface area contributed by atoms with Crippen LogP contribution >= 0.6 is 11.3 Å². The van der Waals surface area contributed by atoms with Gasteiger partial charge in [-0.25, -0.2) is 4.98 Å². The molecular weight excluding hydrogens is 423 g/mol. The molecule has 0 spiro atoms. The minimum Gasteiger partial charge on any atom is -0.337 e. The number of alkyl halides is 3. The van der Waals surface area contributed by atoms with E-state index in [1.807, 2.05) is 30.0 Å². The van der Waals surface area contributed by atoms with E-state index in [2.05, 4.69) is 4.98 Å². The summed E-state index contributed by atoms with van der Waals surface area (Å²) >= 11 is 1.37. The molecule has 1 amide bonds. The lowest BCUT2D eigenvalue weighted by molar-refractivity contribution is -0.137. The van der Waals surface area contributed by atoms with E-state index in [9.17, 15) is 18.0 Å². The van der Waals surface area contributed by atoms with Crippen LogP contribution in [0.2, 0.25) is 0 Å². The molecule has 0 aliphatic carbocycles. The van der Waals surface area contributed by atoms with Crippen LogP contribution in [0.1, 0.15) is 56.6 Å². The summed E-state index contributed by atoms with van der Waals surface area (Å²) in [5.74, 6) is 0.157. The van der Waals surface area contributed by atoms with E-state index in [0.29, 0.717) is 17.8 Å². The van der Waals surface area contributed by atoms with Gasteiger partial charge in [-0.05, 0) is 49.6 Å². The third kappa shape index (κ3) is 4.95. The summed E-state index contributed by atoms with van der Waals surface area (Å²) in [7, 11) is 0. The van der Waals surface area contributed by atoms with Gasteiger partial charge >= 0.3 is 6.18 Å². The Hall–Kier alpha value is -2.74. The zero-order valence-corrected chi connectivity index (χ0v) is 17.8. The maximum Gasteiger partial charge on any atom is 0.416 e. The van der Waals surface area contributed by atoms with Gasteiger partial charge in [-0.1, -0.05) is 18.2 Å². The number of aryl methyl sites for hydroxylation is 1. The molecule has 3 heterocycles. The van der Waals surface area contributed by atoms with E-state index < -0.39 is 11.7 Å². The summed E-state index contributed by atoms with van der Waals surface area (Å²) in [5.41, 5.74) is 4.30. The highest BCUT2D eigenvalue weighted by Gasteiger charge is 2.30. The van der Waals surface area contributed by atoms with Gasteiger partial charge in [0.1, 0.15) is 4.88 Å². The second kappa shape index (κ2) is 8.78. The lowest BCUT2D eigenvalue weighted by Crippen LogP contribution is -2.39. The number of benzene rings is 1. The maximum atomic E-state index is 12.9. The molecule has 162 valence electrons. The normalized spacial score (nSPS) is 17.0. The number of hydrogen-bond donors (Lipinski definition) is 0. The van der Waals surface area contributed by atoms with Crippen molar-refractivity contribution in [3.63, 3.8) is 0 Å². The summed E-state index contributed by atoms with van der Waals surface area (Å²) in [4.78, 5) is 24.4. The topological polar surface area (TPSA) is 46.1 Å². The Kier molecular flexibility index (Phi) is 6.09. The van der Waals surface area contributed by atoms with Crippen LogP contribution in [0.15, 0.2) is 48.0 Å². The molecule has 0 saturated carbocycles. The second-order valence-electron chi connectivity index (χ2n) is 7.78. The van der Waals surface area contributed by atoms with Crippen LogP contribution in [-0.2, 0) is 12.6 Å². The predicted octanol–water partition coefficient (Wildman–Crippen LogP) is 5.48. The van der Waals surface area contributed by atoms with Crippen LogP contribution in [0.4, 0.5) is 13.2 Å². The van der Waals surface area contributed by atoms with Gasteiger partial charge in [0, 0.05) is 36.8 Å². The zero-order chi connectivity index (χ0) is 22.0. The first kappa shape index (κ1) is 21.5. The molecule has 1 saturated heterocycles. The van der Waals surface area contributed by atoms with Gasteiger partial charge in [-0.2, -0.15) is 13.2 Å². The maximum absolute atomic E-state index is 12.9. The molecule has 1 aliphatic rings. The molecule has 0 radical (unpaired) electrons. The summed E-state index contributed by atoms with van der Waals surface area (Å²) in [6, 6.07) is 11.0. The number of carbonyl (C=O) groups excluding carboxylic acids is 1. The molecule has 1 aromatic carbocycles. The summed E-state index contributed by atoms with van der Waals surface area (Å²) in [5, 5.41) is 0. The van der Waals surface area contributed by atoms with Gasteiger partial charge in [-0.3, -0.25) is 9.78 Å². The molecule has 8 heteroatoms. The number of nitrogens with zero attached hydrogens (tertiary/aromatic N) is 3. The Morgan fingerprint density at radius 3 is 2.65 bits per heavy atom. The van der Waals surface area contributed by atoms with E-state index in [-0.39, 0.29) is 11.8 Å². The van der Waals surface area contributed by atoms with Gasteiger partial charge in [0.05, 0.1) is 16.8 Å². The van der Waals surface area contributed by atoms with E-state index in [1.165, 1.54) is 23.5 Å². The highest BCUT2D eigenvalue weighted by Crippen LogP contribution is 2.30. The fourth-order valence-corrected chi connectivity index (χ4v) is 4.67. The number of pyridine rings is 1. The SMILES string of the molecule is Cc1ncsc1C(=O)N1CCCC(c2cccc(Cc3ccc(C(F)(F)F)cc3)n2)C1. The van der Waals surface area contributed by atoms with Crippen LogP contribution in [-0.4, -0.2) is 33.9 Å². The third-order valence-corrected chi connectivity index (χ3v) is 6.48. The van der Waals surface area contributed by atoms with Crippen molar-refractivity contribution in [2.75, 3.05) is 13.1 Å². The van der Waals surface area contributed by atoms with Crippen molar-refractivity contribution in [1.82, 2.24) is 14.9 Å². The fraction of sp³-hybridized carbons (Fsp3) is 0.348. The molecular formula is C23H22F3N3OS. The van der Waals surface area contributed by atoms with Gasteiger partial charge < -0.3 is 4.90 Å². The van der Waals surface area contributed by atoms with Crippen molar-refractivity contribution in [3.8, 4) is 0 Å². The van der Waals surface area contributed by atoms with Crippen LogP contribution in [0.3, 0.4) is 0 Å². The third-order valence-electron chi connectivity index (χ3n) is 5.56. The molecule has 4 rings (SSSR count). The van der Waals surface area contributed by atoms with Gasteiger partial charge in [0.15, 0.2) is 0 Å². The lowest BCUT2D eigenvalue weighted by atomic mass is 9.93. The Morgan fingerprint density at radius 1 is 1.19 bits per heavy atom. The minimum atomic E-state index is -4.33. The first-order valence-corrected chi connectivity index (χ1v) is 11.0. The number of rotatable bonds is 4. The Balaban J connectivity index is 1.46. The average molecular weight is 446 g/mol. The van der Waals surface area contributed by atoms with Crippen LogP contribution in [0, 0.1) is 6.92 Å². The molecule has 31 heavy (non-hydrogen) atoms. The van der Waals surface area contributed by atoms with Crippen molar-refractivity contribution in [2.45, 2.75) is 38.3 Å². The number of thiazole rings is 1. The molecule has 1 aliphatic heterocycles. The molecule has 1 fully saturated rings. The summed E-state index contributed by atoms with van der Waals surface area (Å²) in [6.45, 7) is 3.17. The van der Waals surface area contributed by atoms with E-state index in [1.54, 1.807) is 5.51 Å². The highest BCUT2D eigenvalue weighted by atomic mass is 32.1. The van der Waals surface area contributed by atoms with Gasteiger partial charge in [-0.15, -0.1) is 11.3 Å². The zero-order valence-electron chi connectivity index (χ0n) is 17.0. The fourth-order valence-electron chi connectivity index (χ4n) is 3.90. The highest BCUT2D eigenvalue weighted by molar-refractivity contribution is 7.11. The standard InChI is InChI=1S/C23H22F3N3OS/c1-15-21(31-14-27-15)22(30)29-11-3-4-17(13-29)20-6-2-5-19(28-20)12-16-7-9-18(10-8-16)23(24,25)26/h2,5-10,14,17H,3-4,11-13H2,1H3. The summed E-state index contributed by atoms with van der Waals surface area (Å²) in [6.07, 6.45) is -2.03. The predicted molar refractivity (Wildman–Crippen MR) is 113 cm³/mol. The Bertz CT molecular complexity index is 1060. The quantitative estimate of drug-likeness (QED) is 0.535. The molecule has 3 aromatic rings.